The van der Waals surface area contributed by atoms with Gasteiger partial charge in [0.1, 0.15) is 5.75 Å². The van der Waals surface area contributed by atoms with Crippen molar-refractivity contribution in [2.24, 2.45) is 0 Å². The zero-order chi connectivity index (χ0) is 12.1. The van der Waals surface area contributed by atoms with Gasteiger partial charge in [-0.25, -0.2) is 0 Å². The molecular formula is C12H13F3O. The second kappa shape index (κ2) is 3.15. The van der Waals surface area contributed by atoms with Crippen LogP contribution in [0.5, 0.6) is 5.75 Å². The van der Waals surface area contributed by atoms with Crippen LogP contribution in [0.25, 0.3) is 0 Å². The first-order chi connectivity index (χ1) is 7.25. The van der Waals surface area contributed by atoms with Crippen LogP contribution in [0.1, 0.15) is 30.9 Å². The molecule has 1 aliphatic rings. The summed E-state index contributed by atoms with van der Waals surface area (Å²) in [6.45, 7) is 3.89. The number of aryl methyl sites for hydroxylation is 1. The maximum Gasteiger partial charge on any atom is 0.322 e. The largest absolute Gasteiger partial charge is 0.452 e. The summed E-state index contributed by atoms with van der Waals surface area (Å²) in [5.41, 5.74) is 1.22. The lowest BCUT2D eigenvalue weighted by molar-refractivity contribution is -0.245. The van der Waals surface area contributed by atoms with Gasteiger partial charge in [-0.2, -0.15) is 13.2 Å². The molecule has 2 atom stereocenters. The van der Waals surface area contributed by atoms with Gasteiger partial charge in [-0.05, 0) is 13.0 Å². The van der Waals surface area contributed by atoms with Crippen molar-refractivity contribution in [2.75, 3.05) is 0 Å². The van der Waals surface area contributed by atoms with Crippen LogP contribution in [-0.4, -0.2) is 11.8 Å². The van der Waals surface area contributed by atoms with Gasteiger partial charge in [0.15, 0.2) is 0 Å². The summed E-state index contributed by atoms with van der Waals surface area (Å²) < 4.78 is 45.8. The molecule has 0 saturated heterocycles. The number of benzene rings is 1. The lowest BCUT2D eigenvalue weighted by Gasteiger charge is -2.40. The van der Waals surface area contributed by atoms with E-state index in [1.165, 1.54) is 13.0 Å². The molecule has 16 heavy (non-hydrogen) atoms. The topological polar surface area (TPSA) is 9.23 Å². The van der Waals surface area contributed by atoms with Crippen molar-refractivity contribution >= 4 is 0 Å². The van der Waals surface area contributed by atoms with Gasteiger partial charge in [-0.1, -0.05) is 24.6 Å². The van der Waals surface area contributed by atoms with Gasteiger partial charge < -0.3 is 4.74 Å². The average Bonchev–Trinajstić information content (AvgIpc) is 2.17. The fourth-order valence-corrected chi connectivity index (χ4v) is 1.96. The number of hydrogen-bond acceptors (Lipinski definition) is 1. The number of rotatable bonds is 0. The van der Waals surface area contributed by atoms with Crippen molar-refractivity contribution in [3.05, 3.63) is 29.3 Å². The zero-order valence-electron chi connectivity index (χ0n) is 9.35. The molecule has 0 radical (unpaired) electrons. The summed E-state index contributed by atoms with van der Waals surface area (Å²) in [4.78, 5) is 0. The van der Waals surface area contributed by atoms with E-state index in [1.54, 1.807) is 19.1 Å². The maximum absolute atomic E-state index is 13.7. The average molecular weight is 230 g/mol. The van der Waals surface area contributed by atoms with E-state index in [2.05, 4.69) is 0 Å². The number of fused-ring (bicyclic) bond motifs is 1. The predicted molar refractivity (Wildman–Crippen MR) is 54.7 cm³/mol. The van der Waals surface area contributed by atoms with Gasteiger partial charge in [0.25, 0.3) is 0 Å². The Kier molecular flexibility index (Phi) is 2.23. The van der Waals surface area contributed by atoms with Crippen LogP contribution >= 0.6 is 0 Å². The Morgan fingerprint density at radius 1 is 1.25 bits per heavy atom. The molecule has 0 fully saturated rings. The summed E-state index contributed by atoms with van der Waals surface area (Å²) in [5, 5.41) is 0. The Hall–Kier alpha value is -1.19. The minimum Gasteiger partial charge on any atom is -0.452 e. The highest BCUT2D eigenvalue weighted by molar-refractivity contribution is 5.43. The van der Waals surface area contributed by atoms with Crippen LogP contribution in [-0.2, 0) is 0 Å². The fourth-order valence-electron chi connectivity index (χ4n) is 1.96. The monoisotopic (exact) mass is 230 g/mol. The molecular weight excluding hydrogens is 217 g/mol. The van der Waals surface area contributed by atoms with E-state index in [0.29, 0.717) is 5.56 Å². The van der Waals surface area contributed by atoms with Crippen molar-refractivity contribution in [3.8, 4) is 5.75 Å². The molecule has 1 heterocycles. The Labute approximate surface area is 92.2 Å². The fraction of sp³-hybridized carbons (Fsp3) is 0.500. The molecule has 0 spiro atoms. The number of alkyl halides is 3. The highest BCUT2D eigenvalue weighted by Gasteiger charge is 2.61. The first-order valence-electron chi connectivity index (χ1n) is 5.12. The standard InChI is InChI=1S/C12H13F3O/c1-7-4-5-10-9(6-7)8(2)12(14,15)11(3,13)16-10/h4-6,8H,1-3H3. The molecule has 88 valence electrons. The second-order valence-corrected chi connectivity index (χ2v) is 4.40. The number of hydrogen-bond donors (Lipinski definition) is 0. The van der Waals surface area contributed by atoms with Gasteiger partial charge in [-0.15, -0.1) is 0 Å². The Morgan fingerprint density at radius 3 is 2.50 bits per heavy atom. The van der Waals surface area contributed by atoms with E-state index < -0.39 is 17.7 Å². The van der Waals surface area contributed by atoms with Crippen molar-refractivity contribution < 1.29 is 17.9 Å². The lowest BCUT2D eigenvalue weighted by atomic mass is 9.86. The zero-order valence-corrected chi connectivity index (χ0v) is 9.35. The normalized spacial score (nSPS) is 31.8. The van der Waals surface area contributed by atoms with Gasteiger partial charge in [-0.3, -0.25) is 0 Å². The van der Waals surface area contributed by atoms with Gasteiger partial charge >= 0.3 is 11.8 Å². The summed E-state index contributed by atoms with van der Waals surface area (Å²) >= 11 is 0. The second-order valence-electron chi connectivity index (χ2n) is 4.40. The third-order valence-corrected chi connectivity index (χ3v) is 3.07. The number of halogens is 3. The molecule has 0 amide bonds. The third-order valence-electron chi connectivity index (χ3n) is 3.07. The summed E-state index contributed by atoms with van der Waals surface area (Å²) in [6, 6.07) is 4.86. The molecule has 0 N–H and O–H groups in total. The van der Waals surface area contributed by atoms with Crippen LogP contribution in [0.2, 0.25) is 0 Å². The van der Waals surface area contributed by atoms with E-state index in [0.717, 1.165) is 12.5 Å². The van der Waals surface area contributed by atoms with Crippen LogP contribution < -0.4 is 4.74 Å². The molecule has 1 aliphatic heterocycles. The molecule has 1 aromatic rings. The molecule has 1 aromatic carbocycles. The molecule has 0 saturated carbocycles. The summed E-state index contributed by atoms with van der Waals surface area (Å²) in [7, 11) is 0. The van der Waals surface area contributed by atoms with Crippen LogP contribution in [0.3, 0.4) is 0 Å². The van der Waals surface area contributed by atoms with E-state index >= 15 is 0 Å². The van der Waals surface area contributed by atoms with Crippen LogP contribution in [0, 0.1) is 6.92 Å². The predicted octanol–water partition coefficient (Wildman–Crippen LogP) is 3.81. The molecule has 2 unspecified atom stereocenters. The molecule has 0 aromatic heterocycles. The molecule has 4 heteroatoms. The smallest absolute Gasteiger partial charge is 0.322 e. The minimum atomic E-state index is -3.52. The molecule has 0 aliphatic carbocycles. The Balaban J connectivity index is 2.58. The highest BCUT2D eigenvalue weighted by atomic mass is 19.3. The number of ether oxygens (including phenoxy) is 1. The van der Waals surface area contributed by atoms with Gasteiger partial charge in [0.2, 0.25) is 0 Å². The maximum atomic E-state index is 13.7. The first kappa shape index (κ1) is 11.3. The van der Waals surface area contributed by atoms with E-state index in [9.17, 15) is 13.2 Å². The Bertz CT molecular complexity index is 426. The first-order valence-corrected chi connectivity index (χ1v) is 5.12. The molecule has 1 nitrogen and oxygen atoms in total. The lowest BCUT2D eigenvalue weighted by Crippen LogP contribution is -2.52. The molecule has 2 rings (SSSR count). The van der Waals surface area contributed by atoms with Crippen LogP contribution in [0.4, 0.5) is 13.2 Å². The van der Waals surface area contributed by atoms with E-state index in [4.69, 9.17) is 4.74 Å². The van der Waals surface area contributed by atoms with Crippen molar-refractivity contribution in [1.82, 2.24) is 0 Å². The highest BCUT2D eigenvalue weighted by Crippen LogP contribution is 2.51. The van der Waals surface area contributed by atoms with E-state index in [1.807, 2.05) is 0 Å². The van der Waals surface area contributed by atoms with Crippen molar-refractivity contribution in [3.63, 3.8) is 0 Å². The van der Waals surface area contributed by atoms with Crippen molar-refractivity contribution in [1.29, 1.82) is 0 Å². The van der Waals surface area contributed by atoms with Crippen LogP contribution in [0.15, 0.2) is 18.2 Å². The van der Waals surface area contributed by atoms with Gasteiger partial charge in [0.05, 0.1) is 5.92 Å². The minimum absolute atomic E-state index is 0.203. The van der Waals surface area contributed by atoms with E-state index in [-0.39, 0.29) is 5.75 Å². The van der Waals surface area contributed by atoms with Crippen molar-refractivity contribution in [2.45, 2.75) is 38.5 Å². The molecule has 0 bridgehead atoms. The summed E-state index contributed by atoms with van der Waals surface area (Å²) in [5.74, 6) is -7.46. The third kappa shape index (κ3) is 1.39. The Morgan fingerprint density at radius 2 is 1.88 bits per heavy atom. The van der Waals surface area contributed by atoms with Gasteiger partial charge in [0, 0.05) is 12.5 Å². The quantitative estimate of drug-likeness (QED) is 0.658. The SMILES string of the molecule is Cc1ccc2c(c1)C(C)C(F)(F)C(C)(F)O2. The summed E-state index contributed by atoms with van der Waals surface area (Å²) in [6.07, 6.45) is 0.